The molecule has 1 aliphatic rings. The van der Waals surface area contributed by atoms with Gasteiger partial charge in [0.15, 0.2) is 0 Å². The molecule has 1 aliphatic heterocycles. The lowest BCUT2D eigenvalue weighted by atomic mass is 10.3. The first-order chi connectivity index (χ1) is 8.24. The molecular weight excluding hydrogens is 248 g/mol. The molecule has 1 aromatic heterocycles. The highest BCUT2D eigenvalue weighted by Gasteiger charge is 2.21. The molecule has 0 radical (unpaired) electrons. The second-order valence-electron chi connectivity index (χ2n) is 4.77. The smallest absolute Gasteiger partial charge is 0.0300 e. The van der Waals surface area contributed by atoms with E-state index in [-0.39, 0.29) is 0 Å². The average molecular weight is 270 g/mol. The fraction of sp³-hybridized carbons (Fsp3) is 0.692. The van der Waals surface area contributed by atoms with Crippen LogP contribution in [0.4, 0.5) is 0 Å². The summed E-state index contributed by atoms with van der Waals surface area (Å²) < 4.78 is 0. The van der Waals surface area contributed by atoms with E-state index in [1.807, 2.05) is 11.3 Å². The van der Waals surface area contributed by atoms with Gasteiger partial charge in [0.05, 0.1) is 0 Å². The summed E-state index contributed by atoms with van der Waals surface area (Å²) in [6, 6.07) is 4.31. The van der Waals surface area contributed by atoms with Gasteiger partial charge in [0.1, 0.15) is 0 Å². The molecule has 4 heteroatoms. The maximum absolute atomic E-state index is 3.53. The predicted octanol–water partition coefficient (Wildman–Crippen LogP) is 2.66. The van der Waals surface area contributed by atoms with Gasteiger partial charge in [-0.25, -0.2) is 0 Å². The topological polar surface area (TPSA) is 15.3 Å². The van der Waals surface area contributed by atoms with Crippen LogP contribution in [-0.2, 0) is 6.54 Å². The molecule has 1 fully saturated rings. The number of hydrogen-bond acceptors (Lipinski definition) is 4. The Morgan fingerprint density at radius 3 is 2.76 bits per heavy atom. The Morgan fingerprint density at radius 1 is 1.35 bits per heavy atom. The zero-order valence-corrected chi connectivity index (χ0v) is 12.3. The number of thiophene rings is 1. The molecular formula is C13H22N2S2. The third-order valence-corrected chi connectivity index (χ3v) is 5.08. The van der Waals surface area contributed by atoms with Gasteiger partial charge >= 0.3 is 0 Å². The first-order valence-electron chi connectivity index (χ1n) is 6.35. The zero-order valence-electron chi connectivity index (χ0n) is 10.7. The van der Waals surface area contributed by atoms with Crippen LogP contribution in [-0.4, -0.2) is 41.6 Å². The quantitative estimate of drug-likeness (QED) is 0.828. The lowest BCUT2D eigenvalue weighted by Crippen LogP contribution is -2.43. The van der Waals surface area contributed by atoms with E-state index in [9.17, 15) is 0 Å². The van der Waals surface area contributed by atoms with Crippen molar-refractivity contribution in [1.29, 1.82) is 0 Å². The Labute approximate surface area is 113 Å². The van der Waals surface area contributed by atoms with Gasteiger partial charge in [-0.2, -0.15) is 11.8 Å². The van der Waals surface area contributed by atoms with Crippen LogP contribution in [0.3, 0.4) is 0 Å². The molecule has 96 valence electrons. The average Bonchev–Trinajstić information content (AvgIpc) is 2.76. The Morgan fingerprint density at radius 2 is 2.12 bits per heavy atom. The minimum absolute atomic E-state index is 0.788. The number of nitrogens with zero attached hydrogens (tertiary/aromatic N) is 1. The first-order valence-corrected chi connectivity index (χ1v) is 8.17. The van der Waals surface area contributed by atoms with Crippen molar-refractivity contribution in [3.63, 3.8) is 0 Å². The molecule has 2 atom stereocenters. The third-order valence-electron chi connectivity index (χ3n) is 2.98. The van der Waals surface area contributed by atoms with Crippen LogP contribution in [0.15, 0.2) is 17.5 Å². The highest BCUT2D eigenvalue weighted by atomic mass is 32.2. The summed E-state index contributed by atoms with van der Waals surface area (Å²) in [6.07, 6.45) is 0. The molecule has 2 heterocycles. The van der Waals surface area contributed by atoms with Crippen molar-refractivity contribution >= 4 is 23.1 Å². The Hall–Kier alpha value is -0.0300. The Balaban J connectivity index is 1.61. The summed E-state index contributed by atoms with van der Waals surface area (Å²) in [6.45, 7) is 10.5. The predicted molar refractivity (Wildman–Crippen MR) is 79.0 cm³/mol. The van der Waals surface area contributed by atoms with Gasteiger partial charge in [-0.3, -0.25) is 4.90 Å². The maximum Gasteiger partial charge on any atom is 0.0300 e. The number of nitrogens with one attached hydrogen (secondary N) is 1. The highest BCUT2D eigenvalue weighted by molar-refractivity contribution is 8.00. The van der Waals surface area contributed by atoms with E-state index >= 15 is 0 Å². The minimum Gasteiger partial charge on any atom is -0.311 e. The molecule has 0 aromatic carbocycles. The van der Waals surface area contributed by atoms with Gasteiger partial charge in [-0.15, -0.1) is 11.3 Å². The van der Waals surface area contributed by atoms with Gasteiger partial charge in [0.25, 0.3) is 0 Å². The summed E-state index contributed by atoms with van der Waals surface area (Å²) >= 11 is 3.95. The van der Waals surface area contributed by atoms with Crippen LogP contribution in [0.1, 0.15) is 18.7 Å². The molecule has 17 heavy (non-hydrogen) atoms. The van der Waals surface area contributed by atoms with Crippen LogP contribution in [0, 0.1) is 0 Å². The van der Waals surface area contributed by atoms with Gasteiger partial charge in [0, 0.05) is 48.1 Å². The second-order valence-corrected chi connectivity index (χ2v) is 7.69. The highest BCUT2D eigenvalue weighted by Crippen LogP contribution is 2.24. The minimum atomic E-state index is 0.788. The van der Waals surface area contributed by atoms with Crippen molar-refractivity contribution in [2.45, 2.75) is 30.9 Å². The number of hydrogen-bond donors (Lipinski definition) is 1. The molecule has 0 saturated carbocycles. The normalized spacial score (nSPS) is 26.2. The molecule has 1 aromatic rings. The SMILES string of the molecule is CC1CN(CCNCc2cccs2)CC(C)S1. The van der Waals surface area contributed by atoms with Gasteiger partial charge in [-0.1, -0.05) is 19.9 Å². The molecule has 1 N–H and O–H groups in total. The van der Waals surface area contributed by atoms with Crippen LogP contribution < -0.4 is 5.32 Å². The van der Waals surface area contributed by atoms with Crippen molar-refractivity contribution in [3.8, 4) is 0 Å². The van der Waals surface area contributed by atoms with Crippen LogP contribution in [0.2, 0.25) is 0 Å². The molecule has 2 rings (SSSR count). The molecule has 2 unspecified atom stereocenters. The third kappa shape index (κ3) is 4.62. The Kier molecular flexibility index (Phi) is 5.35. The van der Waals surface area contributed by atoms with Crippen molar-refractivity contribution < 1.29 is 0 Å². The molecule has 0 amide bonds. The lowest BCUT2D eigenvalue weighted by molar-refractivity contribution is 0.270. The Bertz CT molecular complexity index is 303. The van der Waals surface area contributed by atoms with Crippen molar-refractivity contribution in [3.05, 3.63) is 22.4 Å². The summed E-state index contributed by atoms with van der Waals surface area (Å²) in [5.41, 5.74) is 0. The molecule has 1 saturated heterocycles. The number of thioether (sulfide) groups is 1. The van der Waals surface area contributed by atoms with Crippen molar-refractivity contribution in [1.82, 2.24) is 10.2 Å². The van der Waals surface area contributed by atoms with Crippen molar-refractivity contribution in [2.75, 3.05) is 26.2 Å². The maximum atomic E-state index is 3.53. The molecule has 0 spiro atoms. The van der Waals surface area contributed by atoms with Crippen LogP contribution in [0.25, 0.3) is 0 Å². The van der Waals surface area contributed by atoms with E-state index in [1.54, 1.807) is 0 Å². The summed E-state index contributed by atoms with van der Waals surface area (Å²) in [4.78, 5) is 4.02. The molecule has 0 aliphatic carbocycles. The number of rotatable bonds is 5. The second kappa shape index (κ2) is 6.78. The largest absolute Gasteiger partial charge is 0.311 e. The van der Waals surface area contributed by atoms with Gasteiger partial charge < -0.3 is 5.32 Å². The van der Waals surface area contributed by atoms with E-state index in [0.717, 1.165) is 23.6 Å². The summed E-state index contributed by atoms with van der Waals surface area (Å²) in [7, 11) is 0. The fourth-order valence-corrected chi connectivity index (χ4v) is 4.39. The monoisotopic (exact) mass is 270 g/mol. The van der Waals surface area contributed by atoms with Gasteiger partial charge in [0.2, 0.25) is 0 Å². The summed E-state index contributed by atoms with van der Waals surface area (Å²) in [5.74, 6) is 0. The van der Waals surface area contributed by atoms with Crippen molar-refractivity contribution in [2.24, 2.45) is 0 Å². The summed E-state index contributed by atoms with van der Waals surface area (Å²) in [5, 5.41) is 7.24. The van der Waals surface area contributed by atoms with E-state index in [1.165, 1.54) is 24.5 Å². The van der Waals surface area contributed by atoms with E-state index < -0.39 is 0 Å². The standard InChI is InChI=1S/C13H22N2S2/c1-11-9-15(10-12(2)17-11)6-5-14-8-13-4-3-7-16-13/h3-4,7,11-12,14H,5-6,8-10H2,1-2H3. The first kappa shape index (κ1) is 13.4. The van der Waals surface area contributed by atoms with E-state index in [0.29, 0.717) is 0 Å². The van der Waals surface area contributed by atoms with Crippen LogP contribution in [0.5, 0.6) is 0 Å². The zero-order chi connectivity index (χ0) is 12.1. The van der Waals surface area contributed by atoms with Gasteiger partial charge in [-0.05, 0) is 11.4 Å². The van der Waals surface area contributed by atoms with E-state index in [4.69, 9.17) is 0 Å². The molecule has 2 nitrogen and oxygen atoms in total. The van der Waals surface area contributed by atoms with Crippen LogP contribution >= 0.6 is 23.1 Å². The fourth-order valence-electron chi connectivity index (χ4n) is 2.33. The van der Waals surface area contributed by atoms with E-state index in [2.05, 4.69) is 53.3 Å². The lowest BCUT2D eigenvalue weighted by Gasteiger charge is -2.34. The molecule has 0 bridgehead atoms.